The number of amides is 2. The van der Waals surface area contributed by atoms with Crippen LogP contribution in [0.4, 0.5) is 5.69 Å². The Hall–Kier alpha value is -3.02. The number of methoxy groups -OCH3 is 2. The second-order valence-electron chi connectivity index (χ2n) is 5.70. The second-order valence-corrected chi connectivity index (χ2v) is 5.70. The average Bonchev–Trinajstić information content (AvgIpc) is 2.58. The first kappa shape index (κ1) is 18.3. The maximum absolute atomic E-state index is 12.0. The molecule has 6 heteroatoms. The predicted molar refractivity (Wildman–Crippen MR) is 95.9 cm³/mol. The van der Waals surface area contributed by atoms with Crippen molar-refractivity contribution in [2.24, 2.45) is 0 Å². The zero-order chi connectivity index (χ0) is 18.4. The van der Waals surface area contributed by atoms with Gasteiger partial charge < -0.3 is 20.1 Å². The summed E-state index contributed by atoms with van der Waals surface area (Å²) in [6.07, 6.45) is 0. The van der Waals surface area contributed by atoms with Crippen LogP contribution >= 0.6 is 0 Å². The van der Waals surface area contributed by atoms with Crippen molar-refractivity contribution in [2.75, 3.05) is 19.5 Å². The van der Waals surface area contributed by atoms with Crippen LogP contribution in [0, 0.1) is 13.8 Å². The first-order valence-electron chi connectivity index (χ1n) is 7.81. The molecular weight excluding hydrogens is 320 g/mol. The summed E-state index contributed by atoms with van der Waals surface area (Å²) >= 11 is 0. The summed E-state index contributed by atoms with van der Waals surface area (Å²) in [7, 11) is 3.09. The quantitative estimate of drug-likeness (QED) is 0.819. The highest BCUT2D eigenvalue weighted by atomic mass is 16.5. The summed E-state index contributed by atoms with van der Waals surface area (Å²) in [6, 6.07) is 10.9. The SMILES string of the molecule is COc1ccc(CNC(=O)C(=O)Nc2cc(C)cc(C)c2)cc1OC. The molecule has 0 aliphatic heterocycles. The Bertz CT molecular complexity index is 767. The van der Waals surface area contributed by atoms with Gasteiger partial charge in [-0.15, -0.1) is 0 Å². The fraction of sp³-hybridized carbons (Fsp3) is 0.263. The Labute approximate surface area is 147 Å². The van der Waals surface area contributed by atoms with Crippen LogP contribution in [0.15, 0.2) is 36.4 Å². The van der Waals surface area contributed by atoms with E-state index < -0.39 is 11.8 Å². The van der Waals surface area contributed by atoms with Gasteiger partial charge in [-0.05, 0) is 54.8 Å². The molecule has 2 aromatic carbocycles. The minimum absolute atomic E-state index is 0.208. The Morgan fingerprint density at radius 3 is 2.12 bits per heavy atom. The van der Waals surface area contributed by atoms with Crippen molar-refractivity contribution in [3.05, 3.63) is 53.1 Å². The maximum Gasteiger partial charge on any atom is 0.313 e. The highest BCUT2D eigenvalue weighted by Gasteiger charge is 2.14. The number of hydrogen-bond donors (Lipinski definition) is 2. The molecule has 2 amide bonds. The van der Waals surface area contributed by atoms with E-state index in [-0.39, 0.29) is 6.54 Å². The van der Waals surface area contributed by atoms with Crippen LogP contribution in [0.5, 0.6) is 11.5 Å². The maximum atomic E-state index is 12.0. The van der Waals surface area contributed by atoms with E-state index in [2.05, 4.69) is 10.6 Å². The molecule has 0 bridgehead atoms. The second kappa shape index (κ2) is 8.19. The van der Waals surface area contributed by atoms with Crippen molar-refractivity contribution < 1.29 is 19.1 Å². The molecule has 0 fully saturated rings. The molecule has 132 valence electrons. The summed E-state index contributed by atoms with van der Waals surface area (Å²) in [4.78, 5) is 24.0. The minimum Gasteiger partial charge on any atom is -0.493 e. The third kappa shape index (κ3) is 4.97. The van der Waals surface area contributed by atoms with Gasteiger partial charge in [0.1, 0.15) is 0 Å². The summed E-state index contributed by atoms with van der Waals surface area (Å²) < 4.78 is 10.4. The van der Waals surface area contributed by atoms with Gasteiger partial charge in [0.2, 0.25) is 0 Å². The van der Waals surface area contributed by atoms with E-state index in [9.17, 15) is 9.59 Å². The highest BCUT2D eigenvalue weighted by Crippen LogP contribution is 2.27. The average molecular weight is 342 g/mol. The fourth-order valence-electron chi connectivity index (χ4n) is 2.49. The number of anilines is 1. The molecule has 2 aromatic rings. The Morgan fingerprint density at radius 1 is 0.880 bits per heavy atom. The molecule has 2 N–H and O–H groups in total. The molecule has 6 nitrogen and oxygen atoms in total. The number of aryl methyl sites for hydroxylation is 2. The van der Waals surface area contributed by atoms with E-state index in [0.717, 1.165) is 16.7 Å². The van der Waals surface area contributed by atoms with Crippen LogP contribution in [-0.2, 0) is 16.1 Å². The van der Waals surface area contributed by atoms with Crippen LogP contribution in [0.1, 0.15) is 16.7 Å². The van der Waals surface area contributed by atoms with Crippen LogP contribution in [0.3, 0.4) is 0 Å². The van der Waals surface area contributed by atoms with E-state index >= 15 is 0 Å². The standard InChI is InChI=1S/C19H22N2O4/c1-12-7-13(2)9-15(8-12)21-19(23)18(22)20-11-14-5-6-16(24-3)17(10-14)25-4/h5-10H,11H2,1-4H3,(H,20,22)(H,21,23). The monoisotopic (exact) mass is 342 g/mol. The molecule has 25 heavy (non-hydrogen) atoms. The third-order valence-electron chi connectivity index (χ3n) is 3.59. The Morgan fingerprint density at radius 2 is 1.52 bits per heavy atom. The molecule has 0 aliphatic carbocycles. The normalized spacial score (nSPS) is 10.1. The number of ether oxygens (including phenoxy) is 2. The minimum atomic E-state index is -0.703. The Balaban J connectivity index is 1.96. The van der Waals surface area contributed by atoms with E-state index in [1.165, 1.54) is 7.11 Å². The van der Waals surface area contributed by atoms with Crippen molar-refractivity contribution in [1.29, 1.82) is 0 Å². The van der Waals surface area contributed by atoms with E-state index in [1.807, 2.05) is 32.0 Å². The summed E-state index contributed by atoms with van der Waals surface area (Å²) in [6.45, 7) is 4.07. The number of carbonyl (C=O) groups excluding carboxylic acids is 2. The van der Waals surface area contributed by atoms with Crippen molar-refractivity contribution in [1.82, 2.24) is 5.32 Å². The zero-order valence-corrected chi connectivity index (χ0v) is 14.8. The van der Waals surface area contributed by atoms with Gasteiger partial charge in [-0.2, -0.15) is 0 Å². The topological polar surface area (TPSA) is 76.7 Å². The summed E-state index contributed by atoms with van der Waals surface area (Å²) in [5.74, 6) is -0.238. The molecule has 0 aromatic heterocycles. The van der Waals surface area contributed by atoms with Crippen molar-refractivity contribution in [3.63, 3.8) is 0 Å². The van der Waals surface area contributed by atoms with Crippen molar-refractivity contribution in [2.45, 2.75) is 20.4 Å². The molecule has 0 atom stereocenters. The zero-order valence-electron chi connectivity index (χ0n) is 14.8. The fourth-order valence-corrected chi connectivity index (χ4v) is 2.49. The van der Waals surface area contributed by atoms with Crippen LogP contribution in [0.25, 0.3) is 0 Å². The number of benzene rings is 2. The molecular formula is C19H22N2O4. The largest absolute Gasteiger partial charge is 0.493 e. The lowest BCUT2D eigenvalue weighted by molar-refractivity contribution is -0.136. The van der Waals surface area contributed by atoms with Gasteiger partial charge in [0.25, 0.3) is 0 Å². The smallest absolute Gasteiger partial charge is 0.313 e. The lowest BCUT2D eigenvalue weighted by atomic mass is 10.1. The molecule has 0 heterocycles. The van der Waals surface area contributed by atoms with Crippen molar-refractivity contribution in [3.8, 4) is 11.5 Å². The number of hydrogen-bond acceptors (Lipinski definition) is 4. The lowest BCUT2D eigenvalue weighted by Crippen LogP contribution is -2.35. The van der Waals surface area contributed by atoms with Gasteiger partial charge in [0.05, 0.1) is 14.2 Å². The van der Waals surface area contributed by atoms with Crippen molar-refractivity contribution >= 4 is 17.5 Å². The molecule has 0 unspecified atom stereocenters. The molecule has 0 saturated heterocycles. The predicted octanol–water partition coefficient (Wildman–Crippen LogP) is 2.58. The van der Waals surface area contributed by atoms with Crippen LogP contribution < -0.4 is 20.1 Å². The van der Waals surface area contributed by atoms with Gasteiger partial charge in [-0.1, -0.05) is 12.1 Å². The van der Waals surface area contributed by atoms with Gasteiger partial charge >= 0.3 is 11.8 Å². The third-order valence-corrected chi connectivity index (χ3v) is 3.59. The van der Waals surface area contributed by atoms with Crippen LogP contribution in [-0.4, -0.2) is 26.0 Å². The van der Waals surface area contributed by atoms with Gasteiger partial charge in [-0.25, -0.2) is 0 Å². The molecule has 2 rings (SSSR count). The number of nitrogens with one attached hydrogen (secondary N) is 2. The van der Waals surface area contributed by atoms with Gasteiger partial charge in [-0.3, -0.25) is 9.59 Å². The Kier molecular flexibility index (Phi) is 6.00. The van der Waals surface area contributed by atoms with Gasteiger partial charge in [0.15, 0.2) is 11.5 Å². The molecule has 0 radical (unpaired) electrons. The van der Waals surface area contributed by atoms with E-state index in [4.69, 9.17) is 9.47 Å². The number of carbonyl (C=O) groups is 2. The molecule has 0 saturated carbocycles. The van der Waals surface area contributed by atoms with E-state index in [1.54, 1.807) is 25.3 Å². The van der Waals surface area contributed by atoms with Crippen LogP contribution in [0.2, 0.25) is 0 Å². The number of rotatable bonds is 5. The molecule has 0 spiro atoms. The van der Waals surface area contributed by atoms with Gasteiger partial charge in [0, 0.05) is 12.2 Å². The first-order chi connectivity index (χ1) is 11.9. The summed E-state index contributed by atoms with van der Waals surface area (Å²) in [5, 5.41) is 5.19. The first-order valence-corrected chi connectivity index (χ1v) is 7.81. The van der Waals surface area contributed by atoms with E-state index in [0.29, 0.717) is 17.2 Å². The lowest BCUT2D eigenvalue weighted by Gasteiger charge is -2.11. The summed E-state index contributed by atoms with van der Waals surface area (Å²) in [5.41, 5.74) is 3.43. The molecule has 0 aliphatic rings. The highest BCUT2D eigenvalue weighted by molar-refractivity contribution is 6.39.